The maximum atomic E-state index is 5.59. The van der Waals surface area contributed by atoms with E-state index in [1.165, 1.54) is 0 Å². The molecule has 0 fully saturated rings. The predicted octanol–water partition coefficient (Wildman–Crippen LogP) is 2.30. The molecule has 0 saturated heterocycles. The third-order valence-electron chi connectivity index (χ3n) is 1.74. The molecule has 0 aliphatic heterocycles. The van der Waals surface area contributed by atoms with Crippen molar-refractivity contribution in [3.05, 3.63) is 18.3 Å². The lowest BCUT2D eigenvalue weighted by Gasteiger charge is -2.12. The fraction of sp³-hybridized carbons (Fsp3) is 0.556. The molecule has 13 heavy (non-hydrogen) atoms. The van der Waals surface area contributed by atoms with E-state index in [-0.39, 0.29) is 0 Å². The summed E-state index contributed by atoms with van der Waals surface area (Å²) in [6.07, 6.45) is 3.74. The van der Waals surface area contributed by atoms with Crippen LogP contribution in [-0.2, 0) is 0 Å². The molecule has 0 spiro atoms. The number of hydrogen-bond acceptors (Lipinski definition) is 3. The second kappa shape index (κ2) is 5.75. The summed E-state index contributed by atoms with van der Waals surface area (Å²) in [5, 5.41) is 11.0. The van der Waals surface area contributed by atoms with Crippen LogP contribution in [0.3, 0.4) is 0 Å². The van der Waals surface area contributed by atoms with Crippen LogP contribution >= 0.6 is 11.6 Å². The van der Waals surface area contributed by atoms with Crippen LogP contribution in [0.4, 0.5) is 5.82 Å². The molecule has 3 nitrogen and oxygen atoms in total. The third kappa shape index (κ3) is 4.08. The van der Waals surface area contributed by atoms with Crippen molar-refractivity contribution >= 4 is 17.4 Å². The highest BCUT2D eigenvalue weighted by Crippen LogP contribution is 2.05. The van der Waals surface area contributed by atoms with Crippen LogP contribution in [0.25, 0.3) is 0 Å². The first kappa shape index (κ1) is 10.3. The normalized spacial score (nSPS) is 12.5. The van der Waals surface area contributed by atoms with Crippen LogP contribution in [-0.4, -0.2) is 22.1 Å². The molecule has 1 N–H and O–H groups in total. The van der Waals surface area contributed by atoms with Gasteiger partial charge in [-0.15, -0.1) is 16.7 Å². The number of nitrogens with zero attached hydrogens (tertiary/aromatic N) is 2. The monoisotopic (exact) mass is 199 g/mol. The quantitative estimate of drug-likeness (QED) is 0.740. The van der Waals surface area contributed by atoms with Gasteiger partial charge in [0.1, 0.15) is 5.82 Å². The fourth-order valence-electron chi connectivity index (χ4n) is 1.09. The molecule has 4 heteroatoms. The number of halogens is 1. The van der Waals surface area contributed by atoms with Gasteiger partial charge >= 0.3 is 0 Å². The first-order chi connectivity index (χ1) is 6.33. The van der Waals surface area contributed by atoms with Crippen molar-refractivity contribution in [1.29, 1.82) is 0 Å². The second-order valence-electron chi connectivity index (χ2n) is 2.99. The van der Waals surface area contributed by atoms with Crippen LogP contribution in [0, 0.1) is 0 Å². The Morgan fingerprint density at radius 1 is 1.62 bits per heavy atom. The molecule has 0 radical (unpaired) electrons. The summed E-state index contributed by atoms with van der Waals surface area (Å²) >= 11 is 5.59. The molecule has 0 bridgehead atoms. The SMILES string of the molecule is CC(CCCCl)Nc1cccnn1. The smallest absolute Gasteiger partial charge is 0.148 e. The first-order valence-corrected chi connectivity index (χ1v) is 4.96. The number of hydrogen-bond donors (Lipinski definition) is 1. The van der Waals surface area contributed by atoms with Gasteiger partial charge in [0.05, 0.1) is 0 Å². The van der Waals surface area contributed by atoms with Crippen molar-refractivity contribution < 1.29 is 0 Å². The highest BCUT2D eigenvalue weighted by molar-refractivity contribution is 6.17. The molecular weight excluding hydrogens is 186 g/mol. The van der Waals surface area contributed by atoms with E-state index >= 15 is 0 Å². The predicted molar refractivity (Wildman–Crippen MR) is 55.1 cm³/mol. The average molecular weight is 200 g/mol. The van der Waals surface area contributed by atoms with Crippen molar-refractivity contribution in [1.82, 2.24) is 10.2 Å². The van der Waals surface area contributed by atoms with Crippen molar-refractivity contribution in [3.63, 3.8) is 0 Å². The number of alkyl halides is 1. The van der Waals surface area contributed by atoms with E-state index in [0.29, 0.717) is 11.9 Å². The molecule has 0 saturated carbocycles. The minimum atomic E-state index is 0.399. The van der Waals surface area contributed by atoms with Crippen molar-refractivity contribution in [3.8, 4) is 0 Å². The summed E-state index contributed by atoms with van der Waals surface area (Å²) in [7, 11) is 0. The van der Waals surface area contributed by atoms with E-state index in [9.17, 15) is 0 Å². The van der Waals surface area contributed by atoms with E-state index in [2.05, 4.69) is 22.4 Å². The molecule has 1 aromatic rings. The van der Waals surface area contributed by atoms with Crippen molar-refractivity contribution in [2.75, 3.05) is 11.2 Å². The Balaban J connectivity index is 2.32. The Kier molecular flexibility index (Phi) is 4.54. The van der Waals surface area contributed by atoms with Crippen LogP contribution in [0.15, 0.2) is 18.3 Å². The van der Waals surface area contributed by atoms with Gasteiger partial charge in [-0.2, -0.15) is 5.10 Å². The average Bonchev–Trinajstić information content (AvgIpc) is 2.16. The zero-order valence-electron chi connectivity index (χ0n) is 7.70. The Labute approximate surface area is 83.5 Å². The van der Waals surface area contributed by atoms with Crippen molar-refractivity contribution in [2.24, 2.45) is 0 Å². The maximum absolute atomic E-state index is 5.59. The summed E-state index contributed by atoms with van der Waals surface area (Å²) in [5.41, 5.74) is 0. The summed E-state index contributed by atoms with van der Waals surface area (Å²) in [5.74, 6) is 1.54. The number of rotatable bonds is 5. The lowest BCUT2D eigenvalue weighted by molar-refractivity contribution is 0.688. The van der Waals surface area contributed by atoms with Gasteiger partial charge in [0.25, 0.3) is 0 Å². The van der Waals surface area contributed by atoms with Crippen LogP contribution < -0.4 is 5.32 Å². The molecular formula is C9H14ClN3. The van der Waals surface area contributed by atoms with Gasteiger partial charge in [-0.1, -0.05) is 0 Å². The molecule has 0 amide bonds. The van der Waals surface area contributed by atoms with Crippen LogP contribution in [0.5, 0.6) is 0 Å². The molecule has 1 rings (SSSR count). The molecule has 72 valence electrons. The Morgan fingerprint density at radius 3 is 3.08 bits per heavy atom. The van der Waals surface area contributed by atoms with Gasteiger partial charge in [0.15, 0.2) is 0 Å². The van der Waals surface area contributed by atoms with Crippen LogP contribution in [0.2, 0.25) is 0 Å². The van der Waals surface area contributed by atoms with Crippen LogP contribution in [0.1, 0.15) is 19.8 Å². The van der Waals surface area contributed by atoms with E-state index in [1.807, 2.05) is 12.1 Å². The summed E-state index contributed by atoms with van der Waals surface area (Å²) in [6.45, 7) is 2.11. The Bertz CT molecular complexity index is 228. The summed E-state index contributed by atoms with van der Waals surface area (Å²) in [6, 6.07) is 4.17. The standard InChI is InChI=1S/C9H14ClN3/c1-8(4-2-6-10)12-9-5-3-7-11-13-9/h3,5,7-8H,2,4,6H2,1H3,(H,12,13). The summed E-state index contributed by atoms with van der Waals surface area (Å²) < 4.78 is 0. The second-order valence-corrected chi connectivity index (χ2v) is 3.36. The fourth-order valence-corrected chi connectivity index (χ4v) is 1.24. The number of anilines is 1. The number of aromatic nitrogens is 2. The molecule has 1 unspecified atom stereocenters. The Hall–Kier alpha value is -0.830. The van der Waals surface area contributed by atoms with E-state index in [0.717, 1.165) is 18.7 Å². The van der Waals surface area contributed by atoms with Gasteiger partial charge in [-0.3, -0.25) is 0 Å². The van der Waals surface area contributed by atoms with Gasteiger partial charge in [-0.05, 0) is 31.9 Å². The molecule has 1 atom stereocenters. The maximum Gasteiger partial charge on any atom is 0.148 e. The third-order valence-corrected chi connectivity index (χ3v) is 2.00. The zero-order chi connectivity index (χ0) is 9.52. The largest absolute Gasteiger partial charge is 0.366 e. The summed E-state index contributed by atoms with van der Waals surface area (Å²) in [4.78, 5) is 0. The van der Waals surface area contributed by atoms with Gasteiger partial charge in [-0.25, -0.2) is 0 Å². The zero-order valence-corrected chi connectivity index (χ0v) is 8.46. The van der Waals surface area contributed by atoms with Gasteiger partial charge in [0.2, 0.25) is 0 Å². The molecule has 0 aromatic carbocycles. The molecule has 1 aromatic heterocycles. The number of nitrogens with one attached hydrogen (secondary N) is 1. The minimum Gasteiger partial charge on any atom is -0.366 e. The highest BCUT2D eigenvalue weighted by atomic mass is 35.5. The van der Waals surface area contributed by atoms with E-state index < -0.39 is 0 Å². The first-order valence-electron chi connectivity index (χ1n) is 4.43. The van der Waals surface area contributed by atoms with Gasteiger partial charge < -0.3 is 5.32 Å². The van der Waals surface area contributed by atoms with E-state index in [1.54, 1.807) is 6.20 Å². The lowest BCUT2D eigenvalue weighted by atomic mass is 10.2. The molecule has 1 heterocycles. The topological polar surface area (TPSA) is 37.8 Å². The van der Waals surface area contributed by atoms with Crippen molar-refractivity contribution in [2.45, 2.75) is 25.8 Å². The Morgan fingerprint density at radius 2 is 2.46 bits per heavy atom. The van der Waals surface area contributed by atoms with Gasteiger partial charge in [0, 0.05) is 18.1 Å². The van der Waals surface area contributed by atoms with E-state index in [4.69, 9.17) is 11.6 Å². The highest BCUT2D eigenvalue weighted by Gasteiger charge is 2.01. The lowest BCUT2D eigenvalue weighted by Crippen LogP contribution is -2.16. The molecule has 0 aliphatic rings. The minimum absolute atomic E-state index is 0.399. The molecule has 0 aliphatic carbocycles.